The van der Waals surface area contributed by atoms with Crippen LogP contribution in [0.15, 0.2) is 0 Å². The maximum absolute atomic E-state index is 5.23. The summed E-state index contributed by atoms with van der Waals surface area (Å²) < 4.78 is 10.5. The van der Waals surface area contributed by atoms with Crippen LogP contribution in [0.1, 0.15) is 13.8 Å². The second-order valence-electron chi connectivity index (χ2n) is 2.09. The predicted molar refractivity (Wildman–Crippen MR) is 44.4 cm³/mol. The van der Waals surface area contributed by atoms with Crippen molar-refractivity contribution in [2.45, 2.75) is 26.1 Å². The SMILES string of the molecule is CC1OP(=S)(S)OC1C. The van der Waals surface area contributed by atoms with E-state index in [1.807, 2.05) is 13.8 Å². The van der Waals surface area contributed by atoms with Crippen molar-refractivity contribution in [3.8, 4) is 0 Å². The molecule has 2 unspecified atom stereocenters. The van der Waals surface area contributed by atoms with Gasteiger partial charge in [0.15, 0.2) is 0 Å². The topological polar surface area (TPSA) is 18.5 Å². The summed E-state index contributed by atoms with van der Waals surface area (Å²) in [4.78, 5) is 0. The Hall–Kier alpha value is 0.920. The van der Waals surface area contributed by atoms with Crippen LogP contribution in [0.5, 0.6) is 0 Å². The molecular formula is C4H9O2PS2. The van der Waals surface area contributed by atoms with Crippen LogP contribution in [0.25, 0.3) is 0 Å². The van der Waals surface area contributed by atoms with E-state index in [2.05, 4.69) is 12.2 Å². The van der Waals surface area contributed by atoms with Gasteiger partial charge in [-0.2, -0.15) is 0 Å². The van der Waals surface area contributed by atoms with E-state index < -0.39 is 5.69 Å². The quantitative estimate of drug-likeness (QED) is 0.458. The highest BCUT2D eigenvalue weighted by atomic mass is 32.9. The Labute approximate surface area is 65.3 Å². The first-order valence-corrected chi connectivity index (χ1v) is 6.50. The van der Waals surface area contributed by atoms with Crippen molar-refractivity contribution in [3.63, 3.8) is 0 Å². The van der Waals surface area contributed by atoms with E-state index in [-0.39, 0.29) is 12.2 Å². The molecule has 0 N–H and O–H groups in total. The van der Waals surface area contributed by atoms with Gasteiger partial charge in [-0.15, -0.1) is 0 Å². The highest BCUT2D eigenvalue weighted by Crippen LogP contribution is 2.60. The van der Waals surface area contributed by atoms with E-state index in [9.17, 15) is 0 Å². The summed E-state index contributed by atoms with van der Waals surface area (Å²) in [6, 6.07) is 0. The molecule has 0 aromatic carbocycles. The molecule has 2 nitrogen and oxygen atoms in total. The molecule has 1 fully saturated rings. The van der Waals surface area contributed by atoms with Crippen molar-refractivity contribution in [1.82, 2.24) is 0 Å². The molecule has 9 heavy (non-hydrogen) atoms. The van der Waals surface area contributed by atoms with Gasteiger partial charge in [0.05, 0.1) is 12.2 Å². The molecule has 1 saturated heterocycles. The number of thiol groups is 1. The van der Waals surface area contributed by atoms with Crippen molar-refractivity contribution >= 4 is 29.7 Å². The van der Waals surface area contributed by atoms with Gasteiger partial charge in [-0.3, -0.25) is 0 Å². The van der Waals surface area contributed by atoms with Gasteiger partial charge in [0.2, 0.25) is 5.69 Å². The molecule has 0 aromatic heterocycles. The first kappa shape index (κ1) is 8.02. The second-order valence-corrected chi connectivity index (χ2v) is 7.28. The normalized spacial score (nSPS) is 51.9. The lowest BCUT2D eigenvalue weighted by Gasteiger charge is -2.03. The Morgan fingerprint density at radius 3 is 1.78 bits per heavy atom. The summed E-state index contributed by atoms with van der Waals surface area (Å²) >= 11 is 8.94. The minimum Gasteiger partial charge on any atom is -0.316 e. The predicted octanol–water partition coefficient (Wildman–Crippen LogP) is 1.96. The lowest BCUT2D eigenvalue weighted by molar-refractivity contribution is 0.187. The second kappa shape index (κ2) is 2.51. The fourth-order valence-electron chi connectivity index (χ4n) is 0.616. The Bertz CT molecular complexity index is 147. The van der Waals surface area contributed by atoms with Crippen LogP contribution < -0.4 is 0 Å². The molecule has 5 heteroatoms. The molecule has 1 rings (SSSR count). The van der Waals surface area contributed by atoms with Crippen LogP contribution in [0.4, 0.5) is 0 Å². The van der Waals surface area contributed by atoms with Crippen LogP contribution in [0.3, 0.4) is 0 Å². The maximum atomic E-state index is 5.23. The number of hydrogen-bond donors (Lipinski definition) is 1. The fourth-order valence-corrected chi connectivity index (χ4v) is 3.56. The van der Waals surface area contributed by atoms with Gasteiger partial charge in [-0.05, 0) is 25.7 Å². The molecule has 0 aromatic rings. The minimum absolute atomic E-state index is 0.105. The lowest BCUT2D eigenvalue weighted by atomic mass is 10.3. The fraction of sp³-hybridized carbons (Fsp3) is 1.00. The Morgan fingerprint density at radius 1 is 1.33 bits per heavy atom. The van der Waals surface area contributed by atoms with E-state index in [0.29, 0.717) is 0 Å². The van der Waals surface area contributed by atoms with Gasteiger partial charge in [0, 0.05) is 0 Å². The first-order valence-electron chi connectivity index (χ1n) is 2.71. The van der Waals surface area contributed by atoms with E-state index in [4.69, 9.17) is 20.9 Å². The minimum atomic E-state index is -2.13. The van der Waals surface area contributed by atoms with Gasteiger partial charge >= 0.3 is 0 Å². The van der Waals surface area contributed by atoms with E-state index in [1.54, 1.807) is 0 Å². The van der Waals surface area contributed by atoms with E-state index in [1.165, 1.54) is 0 Å². The van der Waals surface area contributed by atoms with Crippen LogP contribution in [-0.4, -0.2) is 12.2 Å². The average molecular weight is 184 g/mol. The Balaban J connectivity index is 2.65. The first-order chi connectivity index (χ1) is 4.01. The summed E-state index contributed by atoms with van der Waals surface area (Å²) in [7, 11) is 0. The number of hydrogen-bond acceptors (Lipinski definition) is 3. The summed E-state index contributed by atoms with van der Waals surface area (Å²) in [6.07, 6.45) is 0.210. The van der Waals surface area contributed by atoms with Crippen molar-refractivity contribution in [2.75, 3.05) is 0 Å². The van der Waals surface area contributed by atoms with Crippen molar-refractivity contribution in [3.05, 3.63) is 0 Å². The van der Waals surface area contributed by atoms with Crippen LogP contribution in [-0.2, 0) is 20.9 Å². The van der Waals surface area contributed by atoms with Gasteiger partial charge in [0.1, 0.15) is 0 Å². The summed E-state index contributed by atoms with van der Waals surface area (Å²) in [6.45, 7) is 3.88. The van der Waals surface area contributed by atoms with Crippen molar-refractivity contribution in [2.24, 2.45) is 0 Å². The van der Waals surface area contributed by atoms with Gasteiger partial charge in [-0.25, -0.2) is 0 Å². The molecule has 0 saturated carbocycles. The third-order valence-corrected chi connectivity index (χ3v) is 3.54. The molecule has 0 spiro atoms. The van der Waals surface area contributed by atoms with Crippen molar-refractivity contribution in [1.29, 1.82) is 0 Å². The monoisotopic (exact) mass is 184 g/mol. The summed E-state index contributed by atoms with van der Waals surface area (Å²) in [5.41, 5.74) is -2.13. The largest absolute Gasteiger partial charge is 0.316 e. The molecule has 2 atom stereocenters. The summed E-state index contributed by atoms with van der Waals surface area (Å²) in [5, 5.41) is 0. The molecule has 1 aliphatic heterocycles. The summed E-state index contributed by atoms with van der Waals surface area (Å²) in [5.74, 6) is 0. The van der Waals surface area contributed by atoms with Crippen LogP contribution >= 0.6 is 17.9 Å². The maximum Gasteiger partial charge on any atom is 0.244 e. The molecule has 0 bridgehead atoms. The Kier molecular flexibility index (Phi) is 2.24. The van der Waals surface area contributed by atoms with Gasteiger partial charge < -0.3 is 9.05 Å². The zero-order valence-corrected chi connectivity index (χ0v) is 7.88. The molecular weight excluding hydrogens is 175 g/mol. The zero-order valence-electron chi connectivity index (χ0n) is 5.27. The standard InChI is InChI=1S/C4H9O2PS2/c1-3-4(2)6-7(8,9)5-3/h3-4H,1-2H3,(H,8,9). The highest BCUT2D eigenvalue weighted by Gasteiger charge is 2.32. The smallest absolute Gasteiger partial charge is 0.244 e. The Morgan fingerprint density at radius 2 is 1.67 bits per heavy atom. The van der Waals surface area contributed by atoms with E-state index >= 15 is 0 Å². The molecule has 0 aliphatic carbocycles. The lowest BCUT2D eigenvalue weighted by Crippen LogP contribution is -2.13. The zero-order chi connectivity index (χ0) is 7.07. The molecule has 0 radical (unpaired) electrons. The van der Waals surface area contributed by atoms with E-state index in [0.717, 1.165) is 0 Å². The molecule has 1 heterocycles. The van der Waals surface area contributed by atoms with Crippen LogP contribution in [0, 0.1) is 0 Å². The molecule has 1 aliphatic rings. The highest BCUT2D eigenvalue weighted by molar-refractivity contribution is 8.60. The number of rotatable bonds is 0. The third kappa shape index (κ3) is 1.92. The van der Waals surface area contributed by atoms with Gasteiger partial charge in [-0.1, -0.05) is 12.2 Å². The van der Waals surface area contributed by atoms with Crippen LogP contribution in [0.2, 0.25) is 0 Å². The average Bonchev–Trinajstić information content (AvgIpc) is 1.79. The molecule has 54 valence electrons. The third-order valence-electron chi connectivity index (χ3n) is 1.26. The molecule has 0 amide bonds. The van der Waals surface area contributed by atoms with Crippen molar-refractivity contribution < 1.29 is 9.05 Å². The van der Waals surface area contributed by atoms with Gasteiger partial charge in [0.25, 0.3) is 0 Å².